The standard InChI is InChI=1S/C14H15ClFNO4/c1-21-10-5-9(6-13(18)19)17(7-10)14(20)11-3-2-8(15)4-12(11)16/h2-4,9-10H,5-7H2,1H3,(H,18,19). The highest BCUT2D eigenvalue weighted by molar-refractivity contribution is 6.30. The van der Waals surface area contributed by atoms with E-state index in [0.29, 0.717) is 6.42 Å². The topological polar surface area (TPSA) is 66.8 Å². The van der Waals surface area contributed by atoms with Crippen molar-refractivity contribution < 1.29 is 23.8 Å². The molecule has 0 aromatic heterocycles. The zero-order valence-electron chi connectivity index (χ0n) is 11.4. The molecule has 1 aliphatic heterocycles. The lowest BCUT2D eigenvalue weighted by Gasteiger charge is -2.23. The highest BCUT2D eigenvalue weighted by Gasteiger charge is 2.37. The Balaban J connectivity index is 2.24. The van der Waals surface area contributed by atoms with Crippen molar-refractivity contribution in [2.24, 2.45) is 0 Å². The number of carbonyl (C=O) groups is 2. The minimum absolute atomic E-state index is 0.119. The molecular weight excluding hydrogens is 301 g/mol. The molecule has 2 unspecified atom stereocenters. The number of hydrogen-bond acceptors (Lipinski definition) is 3. The van der Waals surface area contributed by atoms with Crippen molar-refractivity contribution in [3.05, 3.63) is 34.6 Å². The van der Waals surface area contributed by atoms with Gasteiger partial charge < -0.3 is 14.7 Å². The van der Waals surface area contributed by atoms with Gasteiger partial charge in [0.1, 0.15) is 5.82 Å². The number of hydrogen-bond donors (Lipinski definition) is 1. The lowest BCUT2D eigenvalue weighted by molar-refractivity contribution is -0.137. The van der Waals surface area contributed by atoms with Crippen LogP contribution in [0.4, 0.5) is 4.39 Å². The minimum atomic E-state index is -1.01. The molecule has 1 heterocycles. The average molecular weight is 316 g/mol. The van der Waals surface area contributed by atoms with Crippen LogP contribution in [-0.4, -0.2) is 47.7 Å². The van der Waals surface area contributed by atoms with Gasteiger partial charge in [-0.1, -0.05) is 11.6 Å². The van der Waals surface area contributed by atoms with Crippen molar-refractivity contribution in [3.63, 3.8) is 0 Å². The van der Waals surface area contributed by atoms with E-state index >= 15 is 0 Å². The second-order valence-corrected chi connectivity index (χ2v) is 5.36. The van der Waals surface area contributed by atoms with E-state index < -0.39 is 23.7 Å². The first-order valence-corrected chi connectivity index (χ1v) is 6.80. The number of halogens is 2. The molecule has 1 aromatic rings. The van der Waals surface area contributed by atoms with Gasteiger partial charge >= 0.3 is 5.97 Å². The van der Waals surface area contributed by atoms with Gasteiger partial charge in [-0.15, -0.1) is 0 Å². The molecule has 1 aromatic carbocycles. The van der Waals surface area contributed by atoms with Crippen LogP contribution < -0.4 is 0 Å². The van der Waals surface area contributed by atoms with Gasteiger partial charge in [0.25, 0.3) is 5.91 Å². The first kappa shape index (κ1) is 15.7. The van der Waals surface area contributed by atoms with Crippen LogP contribution in [0.15, 0.2) is 18.2 Å². The number of nitrogens with zero attached hydrogens (tertiary/aromatic N) is 1. The number of ether oxygens (including phenoxy) is 1. The normalized spacial score (nSPS) is 21.6. The SMILES string of the molecule is COC1CC(CC(=O)O)N(C(=O)c2ccc(Cl)cc2F)C1. The maximum atomic E-state index is 13.8. The number of carboxylic acids is 1. The average Bonchev–Trinajstić information content (AvgIpc) is 2.80. The second-order valence-electron chi connectivity index (χ2n) is 4.93. The van der Waals surface area contributed by atoms with Crippen molar-refractivity contribution in [1.29, 1.82) is 0 Å². The highest BCUT2D eigenvalue weighted by Crippen LogP contribution is 2.26. The van der Waals surface area contributed by atoms with E-state index in [9.17, 15) is 14.0 Å². The Hall–Kier alpha value is -1.66. The molecule has 2 rings (SSSR count). The third-order valence-electron chi connectivity index (χ3n) is 3.54. The van der Waals surface area contributed by atoms with Crippen LogP contribution >= 0.6 is 11.6 Å². The summed E-state index contributed by atoms with van der Waals surface area (Å²) in [6.07, 6.45) is -0.0152. The minimum Gasteiger partial charge on any atom is -0.481 e. The Morgan fingerprint density at radius 1 is 1.52 bits per heavy atom. The van der Waals surface area contributed by atoms with E-state index in [1.807, 2.05) is 0 Å². The summed E-state index contributed by atoms with van der Waals surface area (Å²) in [5, 5.41) is 9.12. The van der Waals surface area contributed by atoms with Crippen LogP contribution in [0.3, 0.4) is 0 Å². The van der Waals surface area contributed by atoms with Crippen LogP contribution in [0.25, 0.3) is 0 Å². The fourth-order valence-corrected chi connectivity index (χ4v) is 2.66. The quantitative estimate of drug-likeness (QED) is 0.925. The maximum Gasteiger partial charge on any atom is 0.305 e. The summed E-state index contributed by atoms with van der Waals surface area (Å²) in [6, 6.07) is 3.28. The number of likely N-dealkylation sites (tertiary alicyclic amines) is 1. The molecule has 1 fully saturated rings. The van der Waals surface area contributed by atoms with Gasteiger partial charge in [0.05, 0.1) is 18.1 Å². The van der Waals surface area contributed by atoms with Gasteiger partial charge in [0.2, 0.25) is 0 Å². The summed E-state index contributed by atoms with van der Waals surface area (Å²) in [5.74, 6) is -2.27. The van der Waals surface area contributed by atoms with Gasteiger partial charge in [-0.2, -0.15) is 0 Å². The lowest BCUT2D eigenvalue weighted by atomic mass is 10.1. The van der Waals surface area contributed by atoms with E-state index in [1.54, 1.807) is 0 Å². The highest BCUT2D eigenvalue weighted by atomic mass is 35.5. The third-order valence-corrected chi connectivity index (χ3v) is 3.78. The fraction of sp³-hybridized carbons (Fsp3) is 0.429. The van der Waals surface area contributed by atoms with Crippen molar-refractivity contribution >= 4 is 23.5 Å². The number of carbonyl (C=O) groups excluding carboxylic acids is 1. The lowest BCUT2D eigenvalue weighted by Crippen LogP contribution is -2.37. The summed E-state index contributed by atoms with van der Waals surface area (Å²) < 4.78 is 19.0. The van der Waals surface area contributed by atoms with Gasteiger partial charge in [-0.25, -0.2) is 4.39 Å². The van der Waals surface area contributed by atoms with Crippen molar-refractivity contribution in [2.45, 2.75) is 25.0 Å². The van der Waals surface area contributed by atoms with Gasteiger partial charge in [0, 0.05) is 24.7 Å². The van der Waals surface area contributed by atoms with E-state index in [-0.39, 0.29) is 29.7 Å². The third kappa shape index (κ3) is 3.51. The van der Waals surface area contributed by atoms with Crippen LogP contribution in [0, 0.1) is 5.82 Å². The summed E-state index contributed by atoms with van der Waals surface area (Å²) >= 11 is 5.66. The Labute approximate surface area is 126 Å². The van der Waals surface area contributed by atoms with Crippen molar-refractivity contribution in [1.82, 2.24) is 4.90 Å². The van der Waals surface area contributed by atoms with Gasteiger partial charge in [0.15, 0.2) is 0 Å². The van der Waals surface area contributed by atoms with E-state index in [4.69, 9.17) is 21.4 Å². The summed E-state index contributed by atoms with van der Waals surface area (Å²) in [7, 11) is 1.50. The molecule has 5 nitrogen and oxygen atoms in total. The molecule has 21 heavy (non-hydrogen) atoms. The van der Waals surface area contributed by atoms with Crippen molar-refractivity contribution in [3.8, 4) is 0 Å². The van der Waals surface area contributed by atoms with Crippen LogP contribution in [0.2, 0.25) is 5.02 Å². The van der Waals surface area contributed by atoms with Crippen molar-refractivity contribution in [2.75, 3.05) is 13.7 Å². The molecule has 0 saturated carbocycles. The van der Waals surface area contributed by atoms with E-state index in [2.05, 4.69) is 0 Å². The Kier molecular flexibility index (Phi) is 4.80. The molecule has 1 N–H and O–H groups in total. The van der Waals surface area contributed by atoms with E-state index in [1.165, 1.54) is 24.1 Å². The predicted molar refractivity (Wildman–Crippen MR) is 73.9 cm³/mol. The fourth-order valence-electron chi connectivity index (χ4n) is 2.51. The van der Waals surface area contributed by atoms with Crippen LogP contribution in [-0.2, 0) is 9.53 Å². The number of aliphatic carboxylic acids is 1. The molecule has 1 aliphatic rings. The monoisotopic (exact) mass is 315 g/mol. The smallest absolute Gasteiger partial charge is 0.305 e. The molecule has 0 aliphatic carbocycles. The zero-order valence-corrected chi connectivity index (χ0v) is 12.1. The summed E-state index contributed by atoms with van der Waals surface area (Å²) in [6.45, 7) is 0.245. The molecule has 0 spiro atoms. The number of carboxylic acid groups (broad SMARTS) is 1. The number of amides is 1. The summed E-state index contributed by atoms with van der Waals surface area (Å²) in [5.41, 5.74) is -0.119. The number of rotatable bonds is 4. The Bertz CT molecular complexity index is 566. The molecule has 7 heteroatoms. The van der Waals surface area contributed by atoms with Crippen LogP contribution in [0.5, 0.6) is 0 Å². The van der Waals surface area contributed by atoms with Crippen LogP contribution in [0.1, 0.15) is 23.2 Å². The predicted octanol–water partition coefficient (Wildman–Crippen LogP) is 2.18. The number of methoxy groups -OCH3 is 1. The molecule has 1 saturated heterocycles. The summed E-state index contributed by atoms with van der Waals surface area (Å²) in [4.78, 5) is 24.7. The molecule has 2 atom stereocenters. The molecule has 0 bridgehead atoms. The van der Waals surface area contributed by atoms with Gasteiger partial charge in [-0.05, 0) is 24.6 Å². The van der Waals surface area contributed by atoms with Gasteiger partial charge in [-0.3, -0.25) is 9.59 Å². The zero-order chi connectivity index (χ0) is 15.6. The first-order chi connectivity index (χ1) is 9.92. The molecular formula is C14H15ClFNO4. The number of benzene rings is 1. The first-order valence-electron chi connectivity index (χ1n) is 6.43. The molecule has 0 radical (unpaired) electrons. The Morgan fingerprint density at radius 2 is 2.24 bits per heavy atom. The largest absolute Gasteiger partial charge is 0.481 e. The Morgan fingerprint density at radius 3 is 2.81 bits per heavy atom. The van der Waals surface area contributed by atoms with E-state index in [0.717, 1.165) is 6.07 Å². The maximum absolute atomic E-state index is 13.8. The molecule has 1 amide bonds. The molecule has 114 valence electrons. The second kappa shape index (κ2) is 6.41.